The zero-order valence-electron chi connectivity index (χ0n) is 21.7. The lowest BCUT2D eigenvalue weighted by Crippen LogP contribution is -2.51. The zero-order chi connectivity index (χ0) is 27.9. The smallest absolute Gasteiger partial charge is 0.319 e. The summed E-state index contributed by atoms with van der Waals surface area (Å²) in [5.74, 6) is -0.128. The van der Waals surface area contributed by atoms with Crippen LogP contribution >= 0.6 is 23.2 Å². The van der Waals surface area contributed by atoms with Crippen molar-refractivity contribution >= 4 is 46.4 Å². The van der Waals surface area contributed by atoms with Gasteiger partial charge in [-0.25, -0.2) is 9.97 Å². The predicted octanol–water partition coefficient (Wildman–Crippen LogP) is 5.16. The van der Waals surface area contributed by atoms with Gasteiger partial charge in [0.15, 0.2) is 11.2 Å². The molecule has 4 aromatic rings. The van der Waals surface area contributed by atoms with E-state index in [1.165, 1.54) is 19.1 Å². The number of nitrogens with zero attached hydrogens (tertiary/aromatic N) is 5. The molecule has 0 bridgehead atoms. The summed E-state index contributed by atoms with van der Waals surface area (Å²) in [5, 5.41) is 3.88. The number of hydrogen-bond donors (Lipinski definition) is 1. The summed E-state index contributed by atoms with van der Waals surface area (Å²) in [4.78, 5) is 43.8. The van der Waals surface area contributed by atoms with Gasteiger partial charge < -0.3 is 19.4 Å². The van der Waals surface area contributed by atoms with E-state index in [1.54, 1.807) is 36.5 Å². The van der Waals surface area contributed by atoms with Gasteiger partial charge in [0.1, 0.15) is 5.82 Å². The van der Waals surface area contributed by atoms with Crippen molar-refractivity contribution in [3.8, 4) is 23.3 Å². The second-order valence-corrected chi connectivity index (χ2v) is 10.8. The number of amides is 2. The summed E-state index contributed by atoms with van der Waals surface area (Å²) in [6.07, 6.45) is 3.26. The molecule has 7 rings (SSSR count). The van der Waals surface area contributed by atoms with Crippen molar-refractivity contribution in [1.29, 1.82) is 0 Å². The maximum atomic E-state index is 14.5. The van der Waals surface area contributed by atoms with Crippen LogP contribution in [0.4, 0.5) is 11.4 Å². The average Bonchev–Trinajstić information content (AvgIpc) is 3.58. The van der Waals surface area contributed by atoms with Crippen LogP contribution in [0.3, 0.4) is 0 Å². The molecule has 1 fully saturated rings. The van der Waals surface area contributed by atoms with Gasteiger partial charge in [-0.05, 0) is 49.6 Å². The minimum atomic E-state index is -1.56. The van der Waals surface area contributed by atoms with Gasteiger partial charge in [0, 0.05) is 33.5 Å². The number of aryl methyl sites for hydroxylation is 1. The molecule has 1 N–H and O–H groups in total. The monoisotopic (exact) mass is 576 g/mol. The summed E-state index contributed by atoms with van der Waals surface area (Å²) < 4.78 is 12.7. The van der Waals surface area contributed by atoms with Gasteiger partial charge in [-0.15, -0.1) is 0 Å². The van der Waals surface area contributed by atoms with Crippen LogP contribution in [0.15, 0.2) is 42.6 Å². The predicted molar refractivity (Wildman–Crippen MR) is 148 cm³/mol. The Hall–Kier alpha value is -4.15. The second-order valence-electron chi connectivity index (χ2n) is 9.94. The highest BCUT2D eigenvalue weighted by Gasteiger charge is 2.65. The molecule has 2 aliphatic heterocycles. The van der Waals surface area contributed by atoms with Crippen LogP contribution in [0.5, 0.6) is 11.9 Å². The van der Waals surface area contributed by atoms with Crippen molar-refractivity contribution in [2.45, 2.75) is 31.3 Å². The first kappa shape index (κ1) is 24.9. The summed E-state index contributed by atoms with van der Waals surface area (Å²) in [6.45, 7) is 1.87. The van der Waals surface area contributed by atoms with Gasteiger partial charge >= 0.3 is 6.01 Å². The Bertz CT molecular complexity index is 1770. The van der Waals surface area contributed by atoms with Crippen molar-refractivity contribution in [1.82, 2.24) is 19.5 Å². The largest absolute Gasteiger partial charge is 0.480 e. The van der Waals surface area contributed by atoms with Crippen LogP contribution in [-0.2, 0) is 10.3 Å². The number of rotatable bonds is 5. The third kappa shape index (κ3) is 3.26. The quantitative estimate of drug-likeness (QED) is 0.349. The first-order valence-electron chi connectivity index (χ1n) is 12.6. The Balaban J connectivity index is 1.57. The molecule has 0 radical (unpaired) electrons. The number of nitrogens with one attached hydrogen (secondary N) is 1. The minimum absolute atomic E-state index is 0.00675. The van der Waals surface area contributed by atoms with E-state index < -0.39 is 11.4 Å². The molecule has 12 heteroatoms. The van der Waals surface area contributed by atoms with Crippen LogP contribution in [0.25, 0.3) is 11.4 Å². The molecule has 1 unspecified atom stereocenters. The third-order valence-corrected chi connectivity index (χ3v) is 8.09. The number of halogens is 2. The molecule has 10 nitrogen and oxygen atoms in total. The number of methoxy groups -OCH3 is 2. The minimum Gasteiger partial charge on any atom is -0.480 e. The fourth-order valence-electron chi connectivity index (χ4n) is 5.77. The maximum absolute atomic E-state index is 14.5. The summed E-state index contributed by atoms with van der Waals surface area (Å²) in [7, 11) is 2.95. The van der Waals surface area contributed by atoms with Gasteiger partial charge in [0.2, 0.25) is 5.88 Å². The van der Waals surface area contributed by atoms with E-state index in [0.717, 1.165) is 18.4 Å². The molecule has 2 aromatic carbocycles. The molecule has 1 saturated carbocycles. The molecule has 2 aromatic heterocycles. The number of imidazole rings is 1. The third-order valence-electron chi connectivity index (χ3n) is 7.62. The van der Waals surface area contributed by atoms with E-state index >= 15 is 0 Å². The average molecular weight is 577 g/mol. The van der Waals surface area contributed by atoms with Gasteiger partial charge in [-0.3, -0.25) is 14.5 Å². The highest BCUT2D eigenvalue weighted by Crippen LogP contribution is 2.56. The second kappa shape index (κ2) is 8.67. The molecule has 1 aliphatic carbocycles. The Labute approximate surface area is 238 Å². The number of aromatic nitrogens is 4. The molecule has 1 spiro atoms. The molecule has 1 atom stereocenters. The summed E-state index contributed by atoms with van der Waals surface area (Å²) >= 11 is 12.7. The van der Waals surface area contributed by atoms with Crippen LogP contribution in [0.2, 0.25) is 10.0 Å². The van der Waals surface area contributed by atoms with E-state index in [2.05, 4.69) is 15.3 Å². The number of fused-ring (bicyclic) bond motifs is 4. The molecule has 0 saturated heterocycles. The number of carbonyl (C=O) groups excluding carboxylic acids is 2. The SMILES string of the molecule is COc1ncc(-c2nc3c(n2C2CC2)C2(C(=O)Nc4cc(Cl)ccc42)N(c2cc(Cl)ccc2C)C3=O)c(OC)n1. The highest BCUT2D eigenvalue weighted by atomic mass is 35.5. The number of carbonyl (C=O) groups is 2. The Kier molecular flexibility index (Phi) is 5.39. The molecule has 40 heavy (non-hydrogen) atoms. The molecule has 202 valence electrons. The molecule has 4 heterocycles. The molecular weight excluding hydrogens is 555 g/mol. The van der Waals surface area contributed by atoms with E-state index in [4.69, 9.17) is 37.7 Å². The van der Waals surface area contributed by atoms with Crippen LogP contribution in [0.1, 0.15) is 46.2 Å². The summed E-state index contributed by atoms with van der Waals surface area (Å²) in [5.41, 5.74) is 1.98. The highest BCUT2D eigenvalue weighted by molar-refractivity contribution is 6.32. The number of benzene rings is 2. The summed E-state index contributed by atoms with van der Waals surface area (Å²) in [6, 6.07) is 10.6. The van der Waals surface area contributed by atoms with Crippen molar-refractivity contribution in [3.05, 3.63) is 75.2 Å². The van der Waals surface area contributed by atoms with Crippen LogP contribution < -0.4 is 19.7 Å². The lowest BCUT2D eigenvalue weighted by Gasteiger charge is -2.36. The van der Waals surface area contributed by atoms with Crippen LogP contribution in [0, 0.1) is 6.92 Å². The van der Waals surface area contributed by atoms with Crippen molar-refractivity contribution in [2.75, 3.05) is 24.4 Å². The Morgan fingerprint density at radius 2 is 1.77 bits per heavy atom. The van der Waals surface area contributed by atoms with E-state index in [0.29, 0.717) is 44.1 Å². The Morgan fingerprint density at radius 1 is 1.02 bits per heavy atom. The van der Waals surface area contributed by atoms with Gasteiger partial charge in [0.25, 0.3) is 11.8 Å². The van der Waals surface area contributed by atoms with Gasteiger partial charge in [0.05, 0.1) is 31.2 Å². The zero-order valence-corrected chi connectivity index (χ0v) is 23.2. The van der Waals surface area contributed by atoms with E-state index in [9.17, 15) is 9.59 Å². The lowest BCUT2D eigenvalue weighted by molar-refractivity contribution is -0.119. The lowest BCUT2D eigenvalue weighted by atomic mass is 9.86. The van der Waals surface area contributed by atoms with Crippen LogP contribution in [-0.4, -0.2) is 45.6 Å². The topological polar surface area (TPSA) is 111 Å². The molecule has 3 aliphatic rings. The molecular formula is C28H22Cl2N6O4. The van der Waals surface area contributed by atoms with Crippen molar-refractivity contribution < 1.29 is 19.1 Å². The normalized spacial score (nSPS) is 19.2. The standard InChI is InChI=1S/C28H22Cl2N6O4/c1-13-4-5-15(30)11-20(13)36-25(37)21-22(28(36)18-9-6-14(29)10-19(18)32-26(28)38)35(16-7-8-16)23(33-21)17-12-31-27(40-3)34-24(17)39-2/h4-6,9-12,16H,7-8H2,1-3H3,(H,32,38). The molecule has 2 amide bonds. The van der Waals surface area contributed by atoms with Crippen molar-refractivity contribution in [3.63, 3.8) is 0 Å². The Morgan fingerprint density at radius 3 is 2.50 bits per heavy atom. The maximum Gasteiger partial charge on any atom is 0.319 e. The van der Waals surface area contributed by atoms with E-state index in [-0.39, 0.29) is 29.5 Å². The number of anilines is 2. The fraction of sp³-hybridized carbons (Fsp3) is 0.250. The van der Waals surface area contributed by atoms with E-state index in [1.807, 2.05) is 17.6 Å². The van der Waals surface area contributed by atoms with Gasteiger partial charge in [-0.1, -0.05) is 35.3 Å². The van der Waals surface area contributed by atoms with Gasteiger partial charge in [-0.2, -0.15) is 4.98 Å². The first-order chi connectivity index (χ1) is 19.3. The number of hydrogen-bond acceptors (Lipinski definition) is 7. The fourth-order valence-corrected chi connectivity index (χ4v) is 6.11. The van der Waals surface area contributed by atoms with Crippen molar-refractivity contribution in [2.24, 2.45) is 0 Å². The first-order valence-corrected chi connectivity index (χ1v) is 13.4. The number of ether oxygens (including phenoxy) is 2.